The van der Waals surface area contributed by atoms with Crippen LogP contribution in [0, 0.1) is 5.92 Å². The van der Waals surface area contributed by atoms with E-state index in [1.807, 2.05) is 18.2 Å². The molecular formula is C15H22O3. The smallest absolute Gasteiger partial charge is 0.125 e. The van der Waals surface area contributed by atoms with Crippen molar-refractivity contribution in [3.05, 3.63) is 23.8 Å². The largest absolute Gasteiger partial charge is 0.497 e. The zero-order valence-corrected chi connectivity index (χ0v) is 11.2. The molecule has 0 heterocycles. The van der Waals surface area contributed by atoms with Crippen LogP contribution in [0.2, 0.25) is 0 Å². The molecule has 100 valence electrons. The van der Waals surface area contributed by atoms with Crippen LogP contribution in [-0.4, -0.2) is 18.3 Å². The first-order chi connectivity index (χ1) is 8.72. The number of aliphatic hydroxyl groups excluding tert-OH is 1. The second-order valence-corrected chi connectivity index (χ2v) is 5.13. The maximum absolute atomic E-state index is 9.37. The fourth-order valence-electron chi connectivity index (χ4n) is 2.45. The van der Waals surface area contributed by atoms with Crippen molar-refractivity contribution in [2.75, 3.05) is 7.11 Å². The molecule has 0 bridgehead atoms. The van der Waals surface area contributed by atoms with E-state index < -0.39 is 0 Å². The van der Waals surface area contributed by atoms with Crippen molar-refractivity contribution in [1.29, 1.82) is 0 Å². The summed E-state index contributed by atoms with van der Waals surface area (Å²) in [6, 6.07) is 5.60. The summed E-state index contributed by atoms with van der Waals surface area (Å²) in [7, 11) is 1.62. The summed E-state index contributed by atoms with van der Waals surface area (Å²) < 4.78 is 11.2. The highest BCUT2D eigenvalue weighted by molar-refractivity contribution is 5.40. The average molecular weight is 250 g/mol. The fourth-order valence-corrected chi connectivity index (χ4v) is 2.45. The molecule has 3 nitrogen and oxygen atoms in total. The first-order valence-corrected chi connectivity index (χ1v) is 6.67. The standard InChI is InChI=1S/C15H22O3/c1-11-3-5-13(6-4-11)18-15-8-7-14(17-2)9-12(15)10-16/h7-9,11,13,16H,3-6,10H2,1-2H3. The second kappa shape index (κ2) is 6.10. The van der Waals surface area contributed by atoms with Crippen LogP contribution in [0.1, 0.15) is 38.2 Å². The molecule has 3 heteroatoms. The molecule has 1 aromatic rings. The van der Waals surface area contributed by atoms with Crippen molar-refractivity contribution >= 4 is 0 Å². The Kier molecular flexibility index (Phi) is 4.48. The minimum Gasteiger partial charge on any atom is -0.497 e. The lowest BCUT2D eigenvalue weighted by Gasteiger charge is -2.27. The van der Waals surface area contributed by atoms with Gasteiger partial charge in [-0.05, 0) is 49.8 Å². The lowest BCUT2D eigenvalue weighted by molar-refractivity contribution is 0.131. The van der Waals surface area contributed by atoms with Gasteiger partial charge in [-0.2, -0.15) is 0 Å². The maximum Gasteiger partial charge on any atom is 0.125 e. The molecule has 0 spiro atoms. The zero-order valence-electron chi connectivity index (χ0n) is 11.2. The number of benzene rings is 1. The molecule has 0 aromatic heterocycles. The predicted octanol–water partition coefficient (Wildman–Crippen LogP) is 3.15. The molecular weight excluding hydrogens is 228 g/mol. The molecule has 0 atom stereocenters. The van der Waals surface area contributed by atoms with E-state index >= 15 is 0 Å². The summed E-state index contributed by atoms with van der Waals surface area (Å²) in [5.74, 6) is 2.36. The van der Waals surface area contributed by atoms with Crippen LogP contribution in [0.5, 0.6) is 11.5 Å². The van der Waals surface area contributed by atoms with Gasteiger partial charge in [0.05, 0.1) is 19.8 Å². The van der Waals surface area contributed by atoms with E-state index in [9.17, 15) is 5.11 Å². The quantitative estimate of drug-likeness (QED) is 0.892. The molecule has 0 amide bonds. The monoisotopic (exact) mass is 250 g/mol. The Labute approximate surface area is 109 Å². The molecule has 0 radical (unpaired) electrons. The van der Waals surface area contributed by atoms with Crippen molar-refractivity contribution in [3.63, 3.8) is 0 Å². The Morgan fingerprint density at radius 3 is 2.56 bits per heavy atom. The van der Waals surface area contributed by atoms with Gasteiger partial charge in [0, 0.05) is 5.56 Å². The van der Waals surface area contributed by atoms with Gasteiger partial charge in [0.25, 0.3) is 0 Å². The predicted molar refractivity (Wildman–Crippen MR) is 71.0 cm³/mol. The summed E-state index contributed by atoms with van der Waals surface area (Å²) in [5, 5.41) is 9.37. The SMILES string of the molecule is COc1ccc(OC2CCC(C)CC2)c(CO)c1. The lowest BCUT2D eigenvalue weighted by Crippen LogP contribution is -2.23. The number of ether oxygens (including phenoxy) is 2. The van der Waals surface area contributed by atoms with Gasteiger partial charge in [-0.15, -0.1) is 0 Å². The summed E-state index contributed by atoms with van der Waals surface area (Å²) in [6.07, 6.45) is 4.97. The van der Waals surface area contributed by atoms with Crippen LogP contribution in [0.25, 0.3) is 0 Å². The van der Waals surface area contributed by atoms with Crippen LogP contribution in [0.15, 0.2) is 18.2 Å². The van der Waals surface area contributed by atoms with Gasteiger partial charge < -0.3 is 14.6 Å². The van der Waals surface area contributed by atoms with Crippen LogP contribution < -0.4 is 9.47 Å². The highest BCUT2D eigenvalue weighted by atomic mass is 16.5. The summed E-state index contributed by atoms with van der Waals surface area (Å²) >= 11 is 0. The number of methoxy groups -OCH3 is 1. The van der Waals surface area contributed by atoms with E-state index in [4.69, 9.17) is 9.47 Å². The van der Waals surface area contributed by atoms with Crippen LogP contribution >= 0.6 is 0 Å². The lowest BCUT2D eigenvalue weighted by atomic mass is 9.89. The molecule has 0 saturated heterocycles. The third-order valence-corrected chi connectivity index (χ3v) is 3.69. The molecule has 1 N–H and O–H groups in total. The number of rotatable bonds is 4. The molecule has 1 aromatic carbocycles. The Balaban J connectivity index is 2.04. The number of aliphatic hydroxyl groups is 1. The van der Waals surface area contributed by atoms with Crippen molar-refractivity contribution in [2.24, 2.45) is 5.92 Å². The van der Waals surface area contributed by atoms with Gasteiger partial charge in [0.2, 0.25) is 0 Å². The summed E-state index contributed by atoms with van der Waals surface area (Å²) in [4.78, 5) is 0. The van der Waals surface area contributed by atoms with Crippen LogP contribution in [-0.2, 0) is 6.61 Å². The fraction of sp³-hybridized carbons (Fsp3) is 0.600. The number of hydrogen-bond donors (Lipinski definition) is 1. The second-order valence-electron chi connectivity index (χ2n) is 5.13. The van der Waals surface area contributed by atoms with Crippen molar-refractivity contribution in [1.82, 2.24) is 0 Å². The van der Waals surface area contributed by atoms with Gasteiger partial charge in [0.15, 0.2) is 0 Å². The van der Waals surface area contributed by atoms with Gasteiger partial charge in [0.1, 0.15) is 11.5 Å². The Bertz CT molecular complexity index is 381. The summed E-state index contributed by atoms with van der Waals surface area (Å²) in [6.45, 7) is 2.28. The minimum absolute atomic E-state index is 0.0182. The van der Waals surface area contributed by atoms with E-state index in [0.29, 0.717) is 6.10 Å². The molecule has 0 aliphatic heterocycles. The van der Waals surface area contributed by atoms with Crippen LogP contribution in [0.4, 0.5) is 0 Å². The van der Waals surface area contributed by atoms with Gasteiger partial charge >= 0.3 is 0 Å². The third-order valence-electron chi connectivity index (χ3n) is 3.69. The van der Waals surface area contributed by atoms with Crippen LogP contribution in [0.3, 0.4) is 0 Å². The topological polar surface area (TPSA) is 38.7 Å². The van der Waals surface area contributed by atoms with E-state index in [1.165, 1.54) is 12.8 Å². The van der Waals surface area contributed by atoms with E-state index in [0.717, 1.165) is 35.8 Å². The highest BCUT2D eigenvalue weighted by Gasteiger charge is 2.20. The molecule has 1 aliphatic rings. The normalized spacial score (nSPS) is 23.7. The minimum atomic E-state index is -0.0182. The van der Waals surface area contributed by atoms with Gasteiger partial charge in [-0.3, -0.25) is 0 Å². The molecule has 0 unspecified atom stereocenters. The maximum atomic E-state index is 9.37. The van der Waals surface area contributed by atoms with Gasteiger partial charge in [-0.1, -0.05) is 6.92 Å². The first kappa shape index (κ1) is 13.2. The Morgan fingerprint density at radius 2 is 1.94 bits per heavy atom. The third kappa shape index (κ3) is 3.16. The number of hydrogen-bond acceptors (Lipinski definition) is 3. The first-order valence-electron chi connectivity index (χ1n) is 6.67. The highest BCUT2D eigenvalue weighted by Crippen LogP contribution is 2.30. The van der Waals surface area contributed by atoms with Crippen molar-refractivity contribution in [3.8, 4) is 11.5 Å². The Hall–Kier alpha value is -1.22. The Morgan fingerprint density at radius 1 is 1.22 bits per heavy atom. The molecule has 1 fully saturated rings. The average Bonchev–Trinajstić information content (AvgIpc) is 2.41. The van der Waals surface area contributed by atoms with E-state index in [2.05, 4.69) is 6.92 Å². The summed E-state index contributed by atoms with van der Waals surface area (Å²) in [5.41, 5.74) is 0.799. The molecule has 1 saturated carbocycles. The van der Waals surface area contributed by atoms with Gasteiger partial charge in [-0.25, -0.2) is 0 Å². The molecule has 2 rings (SSSR count). The van der Waals surface area contributed by atoms with E-state index in [1.54, 1.807) is 7.11 Å². The van der Waals surface area contributed by atoms with Crippen molar-refractivity contribution in [2.45, 2.75) is 45.3 Å². The molecule has 18 heavy (non-hydrogen) atoms. The molecule has 1 aliphatic carbocycles. The zero-order chi connectivity index (χ0) is 13.0. The van der Waals surface area contributed by atoms with E-state index in [-0.39, 0.29) is 6.61 Å². The van der Waals surface area contributed by atoms with Crippen molar-refractivity contribution < 1.29 is 14.6 Å².